The van der Waals surface area contributed by atoms with Gasteiger partial charge in [-0.15, -0.1) is 0 Å². The van der Waals surface area contributed by atoms with Gasteiger partial charge in [0.25, 0.3) is 0 Å². The Morgan fingerprint density at radius 2 is 2.03 bits per heavy atom. The fourth-order valence-electron chi connectivity index (χ4n) is 8.62. The molecule has 180 valence electrons. The zero-order chi connectivity index (χ0) is 23.7. The first-order valence-corrected chi connectivity index (χ1v) is 13.5. The average Bonchev–Trinajstić information content (AvgIpc) is 3.42. The Kier molecular flexibility index (Phi) is 5.26. The number of nitrogens with one attached hydrogen (secondary N) is 1. The van der Waals surface area contributed by atoms with Crippen LogP contribution in [0.25, 0.3) is 6.08 Å². The van der Waals surface area contributed by atoms with E-state index >= 15 is 0 Å². The summed E-state index contributed by atoms with van der Waals surface area (Å²) in [5, 5.41) is 4.05. The smallest absolute Gasteiger partial charge is 0.224 e. The Bertz CT molecular complexity index is 1140. The molecule has 0 radical (unpaired) electrons. The highest BCUT2D eigenvalue weighted by Crippen LogP contribution is 2.67. The molecule has 4 nitrogen and oxygen atoms in total. The van der Waals surface area contributed by atoms with E-state index in [1.807, 2.05) is 30.5 Å². The molecule has 8 atom stereocenters. The Morgan fingerprint density at radius 3 is 2.85 bits per heavy atom. The van der Waals surface area contributed by atoms with Crippen LogP contribution in [0.4, 0.5) is 0 Å². The molecule has 34 heavy (non-hydrogen) atoms. The number of halogens is 1. The number of nitrogens with zero attached hydrogens (tertiary/aromatic N) is 2. The van der Waals surface area contributed by atoms with E-state index in [1.165, 1.54) is 25.7 Å². The molecule has 1 amide bonds. The summed E-state index contributed by atoms with van der Waals surface area (Å²) in [6.07, 6.45) is 15.9. The van der Waals surface area contributed by atoms with Crippen molar-refractivity contribution in [2.75, 3.05) is 0 Å². The third kappa shape index (κ3) is 3.24. The molecule has 0 bridgehead atoms. The lowest BCUT2D eigenvalue weighted by molar-refractivity contribution is -0.133. The van der Waals surface area contributed by atoms with Crippen LogP contribution < -0.4 is 5.32 Å². The number of fused-ring (bicyclic) bond motifs is 7. The van der Waals surface area contributed by atoms with Crippen molar-refractivity contribution in [2.24, 2.45) is 34.5 Å². The molecule has 1 aliphatic heterocycles. The lowest BCUT2D eigenvalue weighted by Crippen LogP contribution is -2.53. The maximum Gasteiger partial charge on any atom is 0.224 e. The van der Waals surface area contributed by atoms with Gasteiger partial charge in [0.2, 0.25) is 5.91 Å². The number of amides is 1. The number of aromatic nitrogens is 2. The monoisotopic (exact) mass is 477 g/mol. The molecule has 6 rings (SSSR count). The van der Waals surface area contributed by atoms with Gasteiger partial charge in [0.05, 0.1) is 6.04 Å². The maximum absolute atomic E-state index is 13.6. The molecule has 2 aromatic rings. The SMILES string of the molecule is CC(NC(=O)[C@H]1CC[C@H]2[C@@H]3CCC4n5ccnc5C=C[C@]4(C)[C@H]3CC[C@]12C)c1cccc(Cl)c1. The zero-order valence-corrected chi connectivity index (χ0v) is 21.3. The second-order valence-electron chi connectivity index (χ2n) is 11.8. The molecular formula is C29H36ClN3O. The molecule has 5 heteroatoms. The summed E-state index contributed by atoms with van der Waals surface area (Å²) >= 11 is 6.19. The summed E-state index contributed by atoms with van der Waals surface area (Å²) in [6, 6.07) is 8.32. The average molecular weight is 478 g/mol. The predicted molar refractivity (Wildman–Crippen MR) is 136 cm³/mol. The van der Waals surface area contributed by atoms with Crippen molar-refractivity contribution in [3.05, 3.63) is 59.1 Å². The lowest BCUT2D eigenvalue weighted by atomic mass is 9.48. The Labute approximate surface area is 208 Å². The minimum absolute atomic E-state index is 0.0312. The summed E-state index contributed by atoms with van der Waals surface area (Å²) < 4.78 is 2.42. The molecule has 2 heterocycles. The number of carbonyl (C=O) groups excluding carboxylic acids is 1. The summed E-state index contributed by atoms with van der Waals surface area (Å²) in [7, 11) is 0. The van der Waals surface area contributed by atoms with E-state index in [2.05, 4.69) is 54.0 Å². The van der Waals surface area contributed by atoms with E-state index in [4.69, 9.17) is 11.6 Å². The number of allylic oxidation sites excluding steroid dienone is 1. The fourth-order valence-corrected chi connectivity index (χ4v) is 8.82. The standard InChI is InChI=1S/C29H36ClN3O/c1-18(19-5-4-6-20(30)17-19)32-27(34)24-9-8-22-21-7-10-25-29(3,23(21)11-13-28(22,24)2)14-12-26-31-15-16-33(25)26/h4-6,12,14-18,21-25H,7-11,13H2,1-3H3,(H,32,34)/t18?,21-,22-,23-,24+,25?,28-,29+/m0/s1. The van der Waals surface area contributed by atoms with Gasteiger partial charge in [-0.2, -0.15) is 0 Å². The molecule has 3 fully saturated rings. The van der Waals surface area contributed by atoms with Crippen molar-refractivity contribution in [1.82, 2.24) is 14.9 Å². The fraction of sp³-hybridized carbons (Fsp3) is 0.586. The van der Waals surface area contributed by atoms with Crippen LogP contribution in [0.15, 0.2) is 42.7 Å². The number of rotatable bonds is 3. The van der Waals surface area contributed by atoms with Crippen molar-refractivity contribution >= 4 is 23.6 Å². The van der Waals surface area contributed by atoms with Crippen LogP contribution in [-0.2, 0) is 4.79 Å². The highest BCUT2D eigenvalue weighted by Gasteiger charge is 2.61. The first-order valence-electron chi connectivity index (χ1n) is 13.1. The van der Waals surface area contributed by atoms with Crippen LogP contribution >= 0.6 is 11.6 Å². The number of benzene rings is 1. The quantitative estimate of drug-likeness (QED) is 0.526. The van der Waals surface area contributed by atoms with Gasteiger partial charge in [0.1, 0.15) is 5.82 Å². The van der Waals surface area contributed by atoms with E-state index in [0.717, 1.165) is 24.2 Å². The molecule has 1 N–H and O–H groups in total. The lowest BCUT2D eigenvalue weighted by Gasteiger charge is -2.59. The van der Waals surface area contributed by atoms with Crippen molar-refractivity contribution in [1.29, 1.82) is 0 Å². The summed E-state index contributed by atoms with van der Waals surface area (Å²) in [5.74, 6) is 3.47. The maximum atomic E-state index is 13.6. The summed E-state index contributed by atoms with van der Waals surface area (Å²) in [6.45, 7) is 6.98. The molecule has 3 saturated carbocycles. The number of carbonyl (C=O) groups is 1. The normalized spacial score (nSPS) is 38.9. The van der Waals surface area contributed by atoms with Crippen LogP contribution in [-0.4, -0.2) is 15.5 Å². The van der Waals surface area contributed by atoms with Crippen molar-refractivity contribution in [2.45, 2.75) is 71.4 Å². The molecule has 0 saturated heterocycles. The van der Waals surface area contributed by atoms with Crippen LogP contribution in [0.1, 0.15) is 82.8 Å². The van der Waals surface area contributed by atoms with E-state index in [9.17, 15) is 4.79 Å². The number of hydrogen-bond donors (Lipinski definition) is 1. The van der Waals surface area contributed by atoms with Gasteiger partial charge in [-0.05, 0) is 92.4 Å². The first-order chi connectivity index (χ1) is 16.3. The van der Waals surface area contributed by atoms with Crippen LogP contribution in [0.5, 0.6) is 0 Å². The van der Waals surface area contributed by atoms with Gasteiger partial charge in [-0.25, -0.2) is 4.98 Å². The second-order valence-corrected chi connectivity index (χ2v) is 12.3. The Hall–Kier alpha value is -2.07. The van der Waals surface area contributed by atoms with Crippen LogP contribution in [0.2, 0.25) is 5.02 Å². The Balaban J connectivity index is 1.21. The van der Waals surface area contributed by atoms with Gasteiger partial charge in [0.15, 0.2) is 0 Å². The third-order valence-electron chi connectivity index (χ3n) is 10.4. The van der Waals surface area contributed by atoms with Crippen molar-refractivity contribution in [3.63, 3.8) is 0 Å². The molecular weight excluding hydrogens is 442 g/mol. The number of imidazole rings is 1. The highest BCUT2D eigenvalue weighted by atomic mass is 35.5. The van der Waals surface area contributed by atoms with Crippen LogP contribution in [0.3, 0.4) is 0 Å². The molecule has 3 aliphatic carbocycles. The predicted octanol–water partition coefficient (Wildman–Crippen LogP) is 6.84. The van der Waals surface area contributed by atoms with Crippen molar-refractivity contribution in [3.8, 4) is 0 Å². The Morgan fingerprint density at radius 1 is 1.18 bits per heavy atom. The van der Waals surface area contributed by atoms with Gasteiger partial charge in [-0.1, -0.05) is 43.7 Å². The molecule has 1 aromatic carbocycles. The topological polar surface area (TPSA) is 46.9 Å². The van der Waals surface area contributed by atoms with Crippen LogP contribution in [0, 0.1) is 34.5 Å². The zero-order valence-electron chi connectivity index (χ0n) is 20.5. The minimum Gasteiger partial charge on any atom is -0.349 e. The van der Waals surface area contributed by atoms with Gasteiger partial charge in [-0.3, -0.25) is 4.79 Å². The van der Waals surface area contributed by atoms with E-state index in [0.29, 0.717) is 28.8 Å². The van der Waals surface area contributed by atoms with Gasteiger partial charge < -0.3 is 9.88 Å². The van der Waals surface area contributed by atoms with E-state index in [-0.39, 0.29) is 28.7 Å². The minimum atomic E-state index is -0.0312. The second kappa shape index (κ2) is 7.98. The van der Waals surface area contributed by atoms with Gasteiger partial charge >= 0.3 is 0 Å². The summed E-state index contributed by atoms with van der Waals surface area (Å²) in [5.41, 5.74) is 1.35. The van der Waals surface area contributed by atoms with E-state index in [1.54, 1.807) is 0 Å². The highest BCUT2D eigenvalue weighted by molar-refractivity contribution is 6.30. The summed E-state index contributed by atoms with van der Waals surface area (Å²) in [4.78, 5) is 18.1. The van der Waals surface area contributed by atoms with Gasteiger partial charge in [0, 0.05) is 34.8 Å². The third-order valence-corrected chi connectivity index (χ3v) is 10.6. The largest absolute Gasteiger partial charge is 0.349 e. The molecule has 2 unspecified atom stereocenters. The first kappa shape index (κ1) is 22.4. The van der Waals surface area contributed by atoms with Crippen molar-refractivity contribution < 1.29 is 4.79 Å². The van der Waals surface area contributed by atoms with E-state index < -0.39 is 0 Å². The molecule has 0 spiro atoms. The molecule has 1 aromatic heterocycles. The molecule has 4 aliphatic rings. The number of hydrogen-bond acceptors (Lipinski definition) is 2.